The van der Waals surface area contributed by atoms with Crippen LogP contribution in [0.2, 0.25) is 0 Å². The molecule has 1 saturated carbocycles. The molecule has 0 spiro atoms. The topological polar surface area (TPSA) is 0 Å². The Hall–Kier alpha value is -0.350. The normalized spacial score (nSPS) is 27.9. The molecule has 0 N–H and O–H groups in total. The van der Waals surface area contributed by atoms with Crippen molar-refractivity contribution in [2.24, 2.45) is 5.41 Å². The van der Waals surface area contributed by atoms with Crippen molar-refractivity contribution in [1.29, 1.82) is 0 Å². The summed E-state index contributed by atoms with van der Waals surface area (Å²) in [6.45, 7) is 10.4. The molecule has 2 aliphatic rings. The van der Waals surface area contributed by atoms with Crippen LogP contribution in [0.15, 0.2) is 30.3 Å². The third kappa shape index (κ3) is 5.03. The van der Waals surface area contributed by atoms with Gasteiger partial charge in [-0.25, -0.2) is 0 Å². The Balaban J connectivity index is 2.04. The van der Waals surface area contributed by atoms with Crippen LogP contribution in [0.1, 0.15) is 111 Å². The monoisotopic (exact) mass is 402 g/mol. The van der Waals surface area contributed by atoms with Crippen LogP contribution in [-0.4, -0.2) is 17.0 Å². The van der Waals surface area contributed by atoms with Gasteiger partial charge < -0.3 is 0 Å². The second-order valence-corrected chi connectivity index (χ2v) is 16.7. The van der Waals surface area contributed by atoms with Gasteiger partial charge in [0.15, 0.2) is 0 Å². The van der Waals surface area contributed by atoms with Gasteiger partial charge in [0.2, 0.25) is 0 Å². The fourth-order valence-electron chi connectivity index (χ4n) is 6.93. The van der Waals surface area contributed by atoms with Crippen LogP contribution in [0.3, 0.4) is 0 Å². The molecule has 0 unspecified atom stereocenters. The maximum absolute atomic E-state index is 2.69. The molecule has 1 aromatic carbocycles. The quantitative estimate of drug-likeness (QED) is 0.436. The van der Waals surface area contributed by atoms with E-state index in [0.29, 0.717) is 10.6 Å². The Morgan fingerprint density at radius 1 is 0.679 bits per heavy atom. The fraction of sp³-hybridized carbons (Fsp3) is 0.778. The van der Waals surface area contributed by atoms with E-state index in [1.807, 2.05) is 0 Å². The van der Waals surface area contributed by atoms with E-state index in [2.05, 4.69) is 58.0 Å². The molecule has 0 aromatic heterocycles. The third-order valence-corrected chi connectivity index (χ3v) is 15.8. The Labute approximate surface area is 176 Å². The average molecular weight is 403 g/mol. The molecule has 1 heteroatoms. The van der Waals surface area contributed by atoms with Gasteiger partial charge in [-0.3, -0.25) is 0 Å². The number of hydrogen-bond acceptors (Lipinski definition) is 0. The minimum absolute atomic E-state index is 0.507. The Kier molecular flexibility index (Phi) is 7.69. The molecule has 1 saturated heterocycles. The predicted octanol–water partition coefficient (Wildman–Crippen LogP) is 8.33. The van der Waals surface area contributed by atoms with Crippen molar-refractivity contribution in [3.63, 3.8) is 0 Å². The Bertz CT molecular complexity index is 578. The van der Waals surface area contributed by atoms with Gasteiger partial charge in [0.25, 0.3) is 0 Å². The fourth-order valence-corrected chi connectivity index (χ4v) is 14.2. The molecule has 1 heterocycles. The van der Waals surface area contributed by atoms with Crippen molar-refractivity contribution in [3.05, 3.63) is 30.3 Å². The number of rotatable bonds is 2. The number of hydrogen-bond donors (Lipinski definition) is 0. The van der Waals surface area contributed by atoms with Crippen LogP contribution in [-0.2, 0) is 0 Å². The van der Waals surface area contributed by atoms with Crippen molar-refractivity contribution in [2.75, 3.05) is 6.16 Å². The van der Waals surface area contributed by atoms with Crippen molar-refractivity contribution in [2.45, 2.75) is 122 Å². The van der Waals surface area contributed by atoms with Crippen molar-refractivity contribution in [1.82, 2.24) is 0 Å². The van der Waals surface area contributed by atoms with Crippen molar-refractivity contribution >= 4 is 12.6 Å². The van der Waals surface area contributed by atoms with E-state index in [1.165, 1.54) is 89.6 Å². The van der Waals surface area contributed by atoms with Gasteiger partial charge in [-0.15, -0.1) is 0 Å². The second kappa shape index (κ2) is 9.64. The van der Waals surface area contributed by atoms with Crippen LogP contribution in [0.5, 0.6) is 0 Å². The summed E-state index contributed by atoms with van der Waals surface area (Å²) in [6, 6.07) is 12.0. The molecular formula is C27H47P. The predicted molar refractivity (Wildman–Crippen MR) is 131 cm³/mol. The van der Waals surface area contributed by atoms with E-state index in [9.17, 15) is 0 Å². The first-order valence-corrected chi connectivity index (χ1v) is 14.7. The SMILES string of the molecule is CC1(C)CCCC(C)(C)[PH](c2ccccc2)(C2CCCCCCCC2)CCC1. The first kappa shape index (κ1) is 22.3. The molecule has 0 radical (unpaired) electrons. The summed E-state index contributed by atoms with van der Waals surface area (Å²) in [5.41, 5.74) is 1.53. The maximum atomic E-state index is 2.69. The van der Waals surface area contributed by atoms with Gasteiger partial charge in [0, 0.05) is 0 Å². The Morgan fingerprint density at radius 2 is 1.25 bits per heavy atom. The van der Waals surface area contributed by atoms with E-state index in [1.54, 1.807) is 5.30 Å². The van der Waals surface area contributed by atoms with Gasteiger partial charge in [0.1, 0.15) is 0 Å². The van der Waals surface area contributed by atoms with E-state index in [0.717, 1.165) is 5.66 Å². The molecule has 0 amide bonds. The summed E-state index contributed by atoms with van der Waals surface area (Å²) in [4.78, 5) is 0. The first-order chi connectivity index (χ1) is 13.4. The Morgan fingerprint density at radius 3 is 1.89 bits per heavy atom. The van der Waals surface area contributed by atoms with Crippen molar-refractivity contribution < 1.29 is 0 Å². The molecule has 28 heavy (non-hydrogen) atoms. The van der Waals surface area contributed by atoms with Gasteiger partial charge in [-0.2, -0.15) is 0 Å². The summed E-state index contributed by atoms with van der Waals surface area (Å²) in [6.07, 6.45) is 20.6. The van der Waals surface area contributed by atoms with E-state index < -0.39 is 7.26 Å². The van der Waals surface area contributed by atoms with Crippen molar-refractivity contribution in [3.8, 4) is 0 Å². The second-order valence-electron chi connectivity index (χ2n) is 11.5. The van der Waals surface area contributed by atoms with E-state index in [-0.39, 0.29) is 0 Å². The molecule has 3 rings (SSSR count). The van der Waals surface area contributed by atoms with Crippen LogP contribution in [0.4, 0.5) is 0 Å². The summed E-state index contributed by atoms with van der Waals surface area (Å²) in [7, 11) is -1.64. The standard InChI is InChI=1S/C27H47P/c1-26(2)20-14-22-27(3,4)28(23-15-21-26,25-18-12-9-13-19-25)24-16-10-7-5-6-8-11-17-24/h9,12-13,18-19,24,28H,5-8,10-11,14-17,20-23H2,1-4H3. The summed E-state index contributed by atoms with van der Waals surface area (Å²) in [5, 5.41) is 2.30. The zero-order valence-electron chi connectivity index (χ0n) is 19.4. The summed E-state index contributed by atoms with van der Waals surface area (Å²) in [5.74, 6) is 0. The van der Waals surface area contributed by atoms with Crippen LogP contribution < -0.4 is 5.30 Å². The minimum atomic E-state index is -1.64. The molecular weight excluding hydrogens is 355 g/mol. The van der Waals surface area contributed by atoms with Gasteiger partial charge in [-0.05, 0) is 0 Å². The zero-order chi connectivity index (χ0) is 20.1. The molecule has 1 aromatic rings. The van der Waals surface area contributed by atoms with E-state index in [4.69, 9.17) is 0 Å². The number of benzene rings is 1. The van der Waals surface area contributed by atoms with Gasteiger partial charge >= 0.3 is 176 Å². The first-order valence-electron chi connectivity index (χ1n) is 12.4. The molecule has 0 bridgehead atoms. The third-order valence-electron chi connectivity index (χ3n) is 8.63. The molecule has 1 aliphatic carbocycles. The molecule has 1 aliphatic heterocycles. The summed E-state index contributed by atoms with van der Waals surface area (Å²) >= 11 is 0. The zero-order valence-corrected chi connectivity index (χ0v) is 20.4. The molecule has 160 valence electrons. The van der Waals surface area contributed by atoms with Crippen LogP contribution in [0, 0.1) is 5.41 Å². The summed E-state index contributed by atoms with van der Waals surface area (Å²) < 4.78 is 0. The van der Waals surface area contributed by atoms with Gasteiger partial charge in [-0.1, -0.05) is 0 Å². The van der Waals surface area contributed by atoms with E-state index >= 15 is 0 Å². The molecule has 2 fully saturated rings. The van der Waals surface area contributed by atoms with Crippen LogP contribution in [0.25, 0.3) is 0 Å². The van der Waals surface area contributed by atoms with Gasteiger partial charge in [0.05, 0.1) is 0 Å². The average Bonchev–Trinajstić information content (AvgIpc) is 2.81. The molecule has 0 nitrogen and oxygen atoms in total. The van der Waals surface area contributed by atoms with Crippen LogP contribution >= 0.6 is 7.26 Å². The molecule has 0 atom stereocenters.